The van der Waals surface area contributed by atoms with Crippen molar-refractivity contribution in [3.8, 4) is 11.5 Å². The van der Waals surface area contributed by atoms with E-state index >= 15 is 0 Å². The van der Waals surface area contributed by atoms with Crippen LogP contribution in [0.3, 0.4) is 0 Å². The van der Waals surface area contributed by atoms with Gasteiger partial charge in [-0.25, -0.2) is 0 Å². The lowest BCUT2D eigenvalue weighted by Crippen LogP contribution is -2.35. The average molecular weight is 397 g/mol. The lowest BCUT2D eigenvalue weighted by atomic mass is 10.1. The normalized spacial score (nSPS) is 16.0. The number of ether oxygens (including phenoxy) is 2. The van der Waals surface area contributed by atoms with Gasteiger partial charge >= 0.3 is 5.97 Å². The number of hydrogen-bond donors (Lipinski definition) is 0. The number of anilines is 1. The van der Waals surface area contributed by atoms with Crippen LogP contribution in [0, 0.1) is 16.0 Å². The van der Waals surface area contributed by atoms with E-state index in [9.17, 15) is 19.7 Å². The number of hydrogen-bond acceptors (Lipinski definition) is 7. The lowest BCUT2D eigenvalue weighted by molar-refractivity contribution is -0.384. The van der Waals surface area contributed by atoms with Crippen LogP contribution in [0.15, 0.2) is 53.6 Å². The van der Waals surface area contributed by atoms with Crippen molar-refractivity contribution < 1.29 is 24.0 Å². The van der Waals surface area contributed by atoms with Crippen molar-refractivity contribution in [1.82, 2.24) is 0 Å². The SMILES string of the molecule is CC1=NN(c2ccc(OC(C)C)cc2)C(=O)C1C(=O)Oc1ccc([N+](=O)[O-])cc1. The van der Waals surface area contributed by atoms with Crippen molar-refractivity contribution >= 4 is 29.0 Å². The molecule has 29 heavy (non-hydrogen) atoms. The predicted molar refractivity (Wildman–Crippen MR) is 105 cm³/mol. The number of rotatable bonds is 6. The molecule has 1 unspecified atom stereocenters. The van der Waals surface area contributed by atoms with Crippen LogP contribution in [0.2, 0.25) is 0 Å². The van der Waals surface area contributed by atoms with Gasteiger partial charge in [0.1, 0.15) is 11.5 Å². The van der Waals surface area contributed by atoms with Crippen molar-refractivity contribution in [2.24, 2.45) is 11.0 Å². The predicted octanol–water partition coefficient (Wildman–Crippen LogP) is 3.33. The van der Waals surface area contributed by atoms with Crippen molar-refractivity contribution in [1.29, 1.82) is 0 Å². The zero-order valence-electron chi connectivity index (χ0n) is 16.1. The molecule has 0 bridgehead atoms. The average Bonchev–Trinajstić information content (AvgIpc) is 2.96. The zero-order valence-corrected chi connectivity index (χ0v) is 16.1. The van der Waals surface area contributed by atoms with E-state index in [1.807, 2.05) is 13.8 Å². The van der Waals surface area contributed by atoms with Crippen LogP contribution in [0.5, 0.6) is 11.5 Å². The highest BCUT2D eigenvalue weighted by molar-refractivity contribution is 6.25. The first kappa shape index (κ1) is 20.0. The van der Waals surface area contributed by atoms with Gasteiger partial charge in [0.15, 0.2) is 5.92 Å². The van der Waals surface area contributed by atoms with E-state index in [1.54, 1.807) is 31.2 Å². The van der Waals surface area contributed by atoms with Crippen LogP contribution in [-0.2, 0) is 9.59 Å². The van der Waals surface area contributed by atoms with E-state index in [-0.39, 0.29) is 17.5 Å². The van der Waals surface area contributed by atoms with Gasteiger partial charge in [0.2, 0.25) is 0 Å². The highest BCUT2D eigenvalue weighted by atomic mass is 16.6. The Labute approximate surface area is 166 Å². The standard InChI is InChI=1S/C20H19N3O6/c1-12(2)28-16-8-4-14(5-9-16)22-19(24)18(13(3)21-22)20(25)29-17-10-6-15(7-11-17)23(26)27/h4-12,18H,1-3H3. The molecule has 9 heteroatoms. The molecule has 150 valence electrons. The molecule has 0 saturated heterocycles. The fourth-order valence-corrected chi connectivity index (χ4v) is 2.77. The molecule has 1 aliphatic rings. The largest absolute Gasteiger partial charge is 0.491 e. The van der Waals surface area contributed by atoms with Crippen LogP contribution in [0.25, 0.3) is 0 Å². The molecule has 0 aromatic heterocycles. The van der Waals surface area contributed by atoms with Gasteiger partial charge in [0, 0.05) is 12.1 Å². The third kappa shape index (κ3) is 4.40. The van der Waals surface area contributed by atoms with E-state index in [1.165, 1.54) is 24.3 Å². The summed E-state index contributed by atoms with van der Waals surface area (Å²) in [5, 5.41) is 16.0. The molecule has 0 fully saturated rings. The number of carbonyl (C=O) groups excluding carboxylic acids is 2. The van der Waals surface area contributed by atoms with Crippen molar-refractivity contribution in [2.75, 3.05) is 5.01 Å². The number of benzene rings is 2. The molecule has 0 aliphatic carbocycles. The minimum absolute atomic E-state index is 0.0214. The topological polar surface area (TPSA) is 111 Å². The number of non-ortho nitro benzene ring substituents is 1. The van der Waals surface area contributed by atoms with Gasteiger partial charge in [-0.3, -0.25) is 19.7 Å². The van der Waals surface area contributed by atoms with Crippen LogP contribution in [0.4, 0.5) is 11.4 Å². The Morgan fingerprint density at radius 3 is 2.24 bits per heavy atom. The minimum Gasteiger partial charge on any atom is -0.491 e. The first-order chi connectivity index (χ1) is 13.8. The zero-order chi connectivity index (χ0) is 21.1. The fourth-order valence-electron chi connectivity index (χ4n) is 2.77. The number of nitro groups is 1. The molecule has 1 aliphatic heterocycles. The van der Waals surface area contributed by atoms with Crippen molar-refractivity contribution in [3.05, 3.63) is 58.6 Å². The Kier molecular flexibility index (Phi) is 5.58. The van der Waals surface area contributed by atoms with E-state index in [0.29, 0.717) is 17.1 Å². The summed E-state index contributed by atoms with van der Waals surface area (Å²) in [5.41, 5.74) is 0.663. The minimum atomic E-state index is -1.18. The molecule has 0 radical (unpaired) electrons. The molecule has 0 saturated carbocycles. The maximum atomic E-state index is 12.7. The highest BCUT2D eigenvalue weighted by Crippen LogP contribution is 2.27. The van der Waals surface area contributed by atoms with Crippen LogP contribution in [-0.4, -0.2) is 28.6 Å². The number of amides is 1. The van der Waals surface area contributed by atoms with E-state index < -0.39 is 22.7 Å². The van der Waals surface area contributed by atoms with Crippen molar-refractivity contribution in [3.63, 3.8) is 0 Å². The molecular formula is C20H19N3O6. The van der Waals surface area contributed by atoms with Gasteiger partial charge in [0.05, 0.1) is 22.4 Å². The Morgan fingerprint density at radius 1 is 1.10 bits per heavy atom. The first-order valence-electron chi connectivity index (χ1n) is 8.88. The van der Waals surface area contributed by atoms with Crippen LogP contribution < -0.4 is 14.5 Å². The van der Waals surface area contributed by atoms with Crippen LogP contribution in [0.1, 0.15) is 20.8 Å². The summed E-state index contributed by atoms with van der Waals surface area (Å²) in [4.78, 5) is 35.4. The lowest BCUT2D eigenvalue weighted by Gasteiger charge is -2.15. The molecule has 1 atom stereocenters. The second-order valence-electron chi connectivity index (χ2n) is 6.66. The molecule has 2 aromatic carbocycles. The monoisotopic (exact) mass is 397 g/mol. The Hall–Kier alpha value is -3.75. The third-order valence-corrected chi connectivity index (χ3v) is 4.09. The maximum Gasteiger partial charge on any atom is 0.329 e. The van der Waals surface area contributed by atoms with Gasteiger partial charge in [0.25, 0.3) is 11.6 Å². The number of esters is 1. The fraction of sp³-hybridized carbons (Fsp3) is 0.250. The van der Waals surface area contributed by atoms with Gasteiger partial charge in [-0.15, -0.1) is 0 Å². The smallest absolute Gasteiger partial charge is 0.329 e. The summed E-state index contributed by atoms with van der Waals surface area (Å²) in [6.45, 7) is 5.38. The molecule has 1 amide bonds. The summed E-state index contributed by atoms with van der Waals surface area (Å²) in [6.07, 6.45) is 0.0214. The molecule has 0 spiro atoms. The molecular weight excluding hydrogens is 378 g/mol. The van der Waals surface area contributed by atoms with Gasteiger partial charge in [-0.1, -0.05) is 0 Å². The second-order valence-corrected chi connectivity index (χ2v) is 6.66. The molecule has 3 rings (SSSR count). The second kappa shape index (κ2) is 8.09. The van der Waals surface area contributed by atoms with Crippen LogP contribution >= 0.6 is 0 Å². The summed E-state index contributed by atoms with van der Waals surface area (Å²) in [5.74, 6) is -1.75. The summed E-state index contributed by atoms with van der Waals surface area (Å²) in [6, 6.07) is 11.8. The molecule has 1 heterocycles. The third-order valence-electron chi connectivity index (χ3n) is 4.09. The maximum absolute atomic E-state index is 12.7. The summed E-state index contributed by atoms with van der Waals surface area (Å²) < 4.78 is 10.8. The number of nitrogens with zero attached hydrogens (tertiary/aromatic N) is 3. The highest BCUT2D eigenvalue weighted by Gasteiger charge is 2.41. The first-order valence-corrected chi connectivity index (χ1v) is 8.88. The van der Waals surface area contributed by atoms with E-state index in [2.05, 4.69) is 5.10 Å². The Morgan fingerprint density at radius 2 is 1.69 bits per heavy atom. The molecule has 9 nitrogen and oxygen atoms in total. The summed E-state index contributed by atoms with van der Waals surface area (Å²) in [7, 11) is 0. The number of nitro benzene ring substituents is 1. The molecule has 2 aromatic rings. The quantitative estimate of drug-likeness (QED) is 0.243. The van der Waals surface area contributed by atoms with E-state index in [4.69, 9.17) is 9.47 Å². The van der Waals surface area contributed by atoms with Gasteiger partial charge < -0.3 is 9.47 Å². The summed E-state index contributed by atoms with van der Waals surface area (Å²) >= 11 is 0. The van der Waals surface area contributed by atoms with Crippen molar-refractivity contribution in [2.45, 2.75) is 26.9 Å². The Balaban J connectivity index is 1.71. The Bertz CT molecular complexity index is 967. The van der Waals surface area contributed by atoms with Gasteiger partial charge in [-0.05, 0) is 57.2 Å². The molecule has 0 N–H and O–H groups in total. The number of carbonyl (C=O) groups is 2. The number of hydrazone groups is 1. The van der Waals surface area contributed by atoms with Gasteiger partial charge in [-0.2, -0.15) is 10.1 Å². The van der Waals surface area contributed by atoms with E-state index in [0.717, 1.165) is 5.01 Å².